The molecule has 0 unspecified atom stereocenters. The lowest BCUT2D eigenvalue weighted by Gasteiger charge is -2.13. The number of carboxylic acids is 1. The van der Waals surface area contributed by atoms with Crippen molar-refractivity contribution in [1.29, 1.82) is 0 Å². The predicted octanol–water partition coefficient (Wildman–Crippen LogP) is 5.17. The van der Waals surface area contributed by atoms with E-state index in [2.05, 4.69) is 0 Å². The molecule has 0 radical (unpaired) electrons. The van der Waals surface area contributed by atoms with Gasteiger partial charge in [0.2, 0.25) is 0 Å². The Bertz CT molecular complexity index is 910. The fraction of sp³-hybridized carbons (Fsp3) is 0.105. The van der Waals surface area contributed by atoms with Crippen LogP contribution in [0.3, 0.4) is 0 Å². The van der Waals surface area contributed by atoms with Gasteiger partial charge in [0.1, 0.15) is 5.69 Å². The maximum atomic E-state index is 13.7. The third-order valence-electron chi connectivity index (χ3n) is 3.88. The van der Waals surface area contributed by atoms with Gasteiger partial charge in [-0.25, -0.2) is 4.79 Å². The first-order chi connectivity index (χ1) is 11.8. The second-order valence-electron chi connectivity index (χ2n) is 5.64. The highest BCUT2D eigenvalue weighted by Crippen LogP contribution is 2.40. The highest BCUT2D eigenvalue weighted by atomic mass is 19.4. The third kappa shape index (κ3) is 3.15. The number of alkyl halides is 3. The van der Waals surface area contributed by atoms with E-state index >= 15 is 0 Å². The summed E-state index contributed by atoms with van der Waals surface area (Å²) in [5.74, 6) is -1.61. The number of halogens is 3. The Morgan fingerprint density at radius 2 is 1.60 bits per heavy atom. The van der Waals surface area contributed by atoms with E-state index in [9.17, 15) is 23.1 Å². The predicted molar refractivity (Wildman–Crippen MR) is 87.9 cm³/mol. The molecule has 0 aliphatic heterocycles. The zero-order valence-corrected chi connectivity index (χ0v) is 13.2. The molecule has 0 saturated heterocycles. The summed E-state index contributed by atoms with van der Waals surface area (Å²) in [6.45, 7) is 1.85. The molecule has 3 aromatic rings. The van der Waals surface area contributed by atoms with Gasteiger partial charge in [-0.2, -0.15) is 13.2 Å². The minimum absolute atomic E-state index is 0.0312. The van der Waals surface area contributed by atoms with Gasteiger partial charge in [0.15, 0.2) is 0 Å². The summed E-state index contributed by atoms with van der Waals surface area (Å²) < 4.78 is 41.9. The van der Waals surface area contributed by atoms with Gasteiger partial charge < -0.3 is 9.67 Å². The van der Waals surface area contributed by atoms with E-state index in [1.807, 2.05) is 6.92 Å². The fourth-order valence-electron chi connectivity index (χ4n) is 2.75. The molecule has 0 bridgehead atoms. The Balaban J connectivity index is 2.35. The number of para-hydroxylation sites is 1. The van der Waals surface area contributed by atoms with E-state index in [4.69, 9.17) is 0 Å². The summed E-state index contributed by atoms with van der Waals surface area (Å²) in [4.78, 5) is 11.7. The maximum Gasteiger partial charge on any atom is 0.432 e. The molecule has 1 heterocycles. The van der Waals surface area contributed by atoms with Crippen LogP contribution in [0, 0.1) is 6.92 Å². The summed E-state index contributed by atoms with van der Waals surface area (Å²) in [5.41, 5.74) is -0.316. The second-order valence-corrected chi connectivity index (χ2v) is 5.64. The zero-order valence-electron chi connectivity index (χ0n) is 13.2. The standard InChI is InChI=1S/C19H14F3NO2/c1-12-7-9-13(10-8-12)15-11-23(14-5-3-2-4-6-14)17(19(20,21)22)16(15)18(24)25/h2-11H,1H3,(H,24,25). The van der Waals surface area contributed by atoms with Gasteiger partial charge in [-0.05, 0) is 24.6 Å². The Morgan fingerprint density at radius 3 is 2.12 bits per heavy atom. The van der Waals surface area contributed by atoms with Crippen molar-refractivity contribution >= 4 is 5.97 Å². The van der Waals surface area contributed by atoms with Crippen LogP contribution in [-0.4, -0.2) is 15.6 Å². The summed E-state index contributed by atoms with van der Waals surface area (Å²) >= 11 is 0. The van der Waals surface area contributed by atoms with Crippen molar-refractivity contribution in [1.82, 2.24) is 4.57 Å². The first-order valence-electron chi connectivity index (χ1n) is 7.47. The molecule has 0 aliphatic rings. The molecular formula is C19H14F3NO2. The van der Waals surface area contributed by atoms with Crippen LogP contribution in [-0.2, 0) is 6.18 Å². The largest absolute Gasteiger partial charge is 0.478 e. The van der Waals surface area contributed by atoms with E-state index < -0.39 is 23.4 Å². The number of nitrogens with zero attached hydrogens (tertiary/aromatic N) is 1. The summed E-state index contributed by atoms with van der Waals surface area (Å²) in [6.07, 6.45) is -3.58. The molecule has 0 amide bonds. The Hall–Kier alpha value is -3.02. The summed E-state index contributed by atoms with van der Waals surface area (Å²) in [5, 5.41) is 9.47. The first kappa shape index (κ1) is 16.8. The first-order valence-corrected chi connectivity index (χ1v) is 7.47. The normalized spacial score (nSPS) is 11.5. The van der Waals surface area contributed by atoms with Crippen LogP contribution in [0.4, 0.5) is 13.2 Å². The van der Waals surface area contributed by atoms with Crippen molar-refractivity contribution in [2.45, 2.75) is 13.1 Å². The molecule has 3 nitrogen and oxygen atoms in total. The van der Waals surface area contributed by atoms with Crippen molar-refractivity contribution in [3.05, 3.63) is 77.6 Å². The quantitative estimate of drug-likeness (QED) is 0.711. The van der Waals surface area contributed by atoms with Crippen LogP contribution in [0.25, 0.3) is 16.8 Å². The van der Waals surface area contributed by atoms with E-state index in [1.165, 1.54) is 18.3 Å². The summed E-state index contributed by atoms with van der Waals surface area (Å²) in [6, 6.07) is 14.6. The molecule has 1 N–H and O–H groups in total. The van der Waals surface area contributed by atoms with Gasteiger partial charge in [0.05, 0.1) is 5.56 Å². The van der Waals surface area contributed by atoms with E-state index in [0.717, 1.165) is 10.1 Å². The van der Waals surface area contributed by atoms with Gasteiger partial charge >= 0.3 is 12.1 Å². The second kappa shape index (κ2) is 6.12. The van der Waals surface area contributed by atoms with Gasteiger partial charge in [-0.3, -0.25) is 0 Å². The highest BCUT2D eigenvalue weighted by Gasteiger charge is 2.41. The molecular weight excluding hydrogens is 331 g/mol. The van der Waals surface area contributed by atoms with Crippen LogP contribution >= 0.6 is 0 Å². The minimum Gasteiger partial charge on any atom is -0.478 e. The number of aromatic nitrogens is 1. The average Bonchev–Trinajstić information content (AvgIpc) is 2.97. The molecule has 2 aromatic carbocycles. The van der Waals surface area contributed by atoms with Crippen LogP contribution in [0.2, 0.25) is 0 Å². The molecule has 0 saturated carbocycles. The van der Waals surface area contributed by atoms with Crippen LogP contribution in [0.5, 0.6) is 0 Å². The molecule has 128 valence electrons. The number of hydrogen-bond donors (Lipinski definition) is 1. The number of carbonyl (C=O) groups is 1. The van der Waals surface area contributed by atoms with Gasteiger partial charge in [-0.1, -0.05) is 48.0 Å². The van der Waals surface area contributed by atoms with Crippen molar-refractivity contribution in [2.24, 2.45) is 0 Å². The molecule has 25 heavy (non-hydrogen) atoms. The van der Waals surface area contributed by atoms with E-state index in [-0.39, 0.29) is 11.3 Å². The molecule has 0 spiro atoms. The van der Waals surface area contributed by atoms with Gasteiger partial charge in [0, 0.05) is 17.4 Å². The van der Waals surface area contributed by atoms with Crippen LogP contribution < -0.4 is 0 Å². The number of aryl methyl sites for hydroxylation is 1. The van der Waals surface area contributed by atoms with Crippen molar-refractivity contribution in [3.63, 3.8) is 0 Å². The third-order valence-corrected chi connectivity index (χ3v) is 3.88. The zero-order chi connectivity index (χ0) is 18.2. The number of carboxylic acid groups (broad SMARTS) is 1. The van der Waals surface area contributed by atoms with Crippen LogP contribution in [0.15, 0.2) is 60.8 Å². The molecule has 1 aromatic heterocycles. The van der Waals surface area contributed by atoms with Gasteiger partial charge in [0.25, 0.3) is 0 Å². The number of aromatic carboxylic acids is 1. The lowest BCUT2D eigenvalue weighted by molar-refractivity contribution is -0.142. The van der Waals surface area contributed by atoms with Crippen molar-refractivity contribution in [2.75, 3.05) is 0 Å². The highest BCUT2D eigenvalue weighted by molar-refractivity contribution is 5.98. The Morgan fingerprint density at radius 1 is 1.00 bits per heavy atom. The number of rotatable bonds is 3. The molecule has 6 heteroatoms. The lowest BCUT2D eigenvalue weighted by Crippen LogP contribution is -2.16. The lowest BCUT2D eigenvalue weighted by atomic mass is 10.0. The average molecular weight is 345 g/mol. The molecule has 0 fully saturated rings. The monoisotopic (exact) mass is 345 g/mol. The van der Waals surface area contributed by atoms with Crippen molar-refractivity contribution < 1.29 is 23.1 Å². The number of benzene rings is 2. The Kier molecular flexibility index (Phi) is 4.12. The minimum atomic E-state index is -4.81. The SMILES string of the molecule is Cc1ccc(-c2cn(-c3ccccc3)c(C(F)(F)F)c2C(=O)O)cc1. The van der Waals surface area contributed by atoms with Crippen LogP contribution in [0.1, 0.15) is 21.6 Å². The molecule has 3 rings (SSSR count). The Labute approximate surface area is 142 Å². The van der Waals surface area contributed by atoms with E-state index in [1.54, 1.807) is 42.5 Å². The molecule has 0 atom stereocenters. The maximum absolute atomic E-state index is 13.7. The van der Waals surface area contributed by atoms with Gasteiger partial charge in [-0.15, -0.1) is 0 Å². The van der Waals surface area contributed by atoms with Crippen molar-refractivity contribution in [3.8, 4) is 16.8 Å². The topological polar surface area (TPSA) is 42.2 Å². The number of hydrogen-bond acceptors (Lipinski definition) is 1. The fourth-order valence-corrected chi connectivity index (χ4v) is 2.75. The molecule has 0 aliphatic carbocycles. The van der Waals surface area contributed by atoms with E-state index in [0.29, 0.717) is 5.56 Å². The smallest absolute Gasteiger partial charge is 0.432 e. The summed E-state index contributed by atoms with van der Waals surface area (Å²) in [7, 11) is 0.